The van der Waals surface area contributed by atoms with Gasteiger partial charge in [-0.15, -0.1) is 0 Å². The molecule has 112 valence electrons. The zero-order chi connectivity index (χ0) is 15.0. The molecule has 0 aliphatic heterocycles. The third-order valence-electron chi connectivity index (χ3n) is 2.42. The van der Waals surface area contributed by atoms with E-state index in [9.17, 15) is 9.90 Å². The number of ether oxygens (including phenoxy) is 2. The summed E-state index contributed by atoms with van der Waals surface area (Å²) in [4.78, 5) is 11.5. The second kappa shape index (κ2) is 9.02. The standard InChI is InChI=1S/C13H17Cl2NO4/c1-19-7-9(17)4-5-16-13(18)8-20-10-2-3-11(14)12(15)6-10/h2-3,6,9,17H,4-5,7-8H2,1H3,(H,16,18). The molecule has 0 saturated carbocycles. The molecule has 1 amide bonds. The Kier molecular flexibility index (Phi) is 7.69. The smallest absolute Gasteiger partial charge is 0.257 e. The maximum atomic E-state index is 11.5. The highest BCUT2D eigenvalue weighted by molar-refractivity contribution is 6.42. The van der Waals surface area contributed by atoms with Crippen LogP contribution in [0.1, 0.15) is 6.42 Å². The van der Waals surface area contributed by atoms with Gasteiger partial charge in [0.2, 0.25) is 0 Å². The molecule has 0 bridgehead atoms. The Morgan fingerprint density at radius 3 is 2.80 bits per heavy atom. The number of nitrogens with one attached hydrogen (secondary N) is 1. The average Bonchev–Trinajstić information content (AvgIpc) is 2.40. The number of benzene rings is 1. The number of hydrogen-bond donors (Lipinski definition) is 2. The Balaban J connectivity index is 2.24. The van der Waals surface area contributed by atoms with Crippen LogP contribution in [0.15, 0.2) is 18.2 Å². The van der Waals surface area contributed by atoms with E-state index in [1.54, 1.807) is 18.2 Å². The first-order valence-electron chi connectivity index (χ1n) is 6.04. The molecular weight excluding hydrogens is 305 g/mol. The summed E-state index contributed by atoms with van der Waals surface area (Å²) in [5.41, 5.74) is 0. The Morgan fingerprint density at radius 1 is 1.40 bits per heavy atom. The quantitative estimate of drug-likeness (QED) is 0.767. The van der Waals surface area contributed by atoms with Gasteiger partial charge in [-0.25, -0.2) is 0 Å². The van der Waals surface area contributed by atoms with Gasteiger partial charge in [-0.1, -0.05) is 23.2 Å². The van der Waals surface area contributed by atoms with E-state index in [0.717, 1.165) is 0 Å². The van der Waals surface area contributed by atoms with Gasteiger partial charge in [0.15, 0.2) is 6.61 Å². The lowest BCUT2D eigenvalue weighted by Crippen LogP contribution is -2.32. The highest BCUT2D eigenvalue weighted by Gasteiger charge is 2.07. The second-order valence-electron chi connectivity index (χ2n) is 4.11. The minimum atomic E-state index is -0.587. The van der Waals surface area contributed by atoms with Crippen molar-refractivity contribution in [2.24, 2.45) is 0 Å². The molecule has 7 heteroatoms. The number of hydrogen-bond acceptors (Lipinski definition) is 4. The van der Waals surface area contributed by atoms with Crippen LogP contribution in [0.25, 0.3) is 0 Å². The zero-order valence-electron chi connectivity index (χ0n) is 11.1. The van der Waals surface area contributed by atoms with Gasteiger partial charge < -0.3 is 19.9 Å². The van der Waals surface area contributed by atoms with Crippen LogP contribution in [0.4, 0.5) is 0 Å². The Labute approximate surface area is 127 Å². The van der Waals surface area contributed by atoms with Crippen molar-refractivity contribution >= 4 is 29.1 Å². The molecule has 0 aliphatic carbocycles. The van der Waals surface area contributed by atoms with E-state index in [-0.39, 0.29) is 19.1 Å². The largest absolute Gasteiger partial charge is 0.484 e. The Morgan fingerprint density at radius 2 is 2.15 bits per heavy atom. The van der Waals surface area contributed by atoms with Crippen LogP contribution < -0.4 is 10.1 Å². The number of amides is 1. The fourth-order valence-electron chi connectivity index (χ4n) is 1.42. The summed E-state index contributed by atoms with van der Waals surface area (Å²) in [5, 5.41) is 12.8. The molecule has 1 unspecified atom stereocenters. The first-order valence-corrected chi connectivity index (χ1v) is 6.80. The zero-order valence-corrected chi connectivity index (χ0v) is 12.6. The van der Waals surface area contributed by atoms with Crippen LogP contribution in [0.2, 0.25) is 10.0 Å². The van der Waals surface area contributed by atoms with Gasteiger partial charge in [-0.2, -0.15) is 0 Å². The molecular formula is C13H17Cl2NO4. The van der Waals surface area contributed by atoms with Crippen LogP contribution >= 0.6 is 23.2 Å². The van der Waals surface area contributed by atoms with Gasteiger partial charge in [-0.3, -0.25) is 4.79 Å². The number of aliphatic hydroxyl groups is 1. The fraction of sp³-hybridized carbons (Fsp3) is 0.462. The van der Waals surface area contributed by atoms with E-state index in [2.05, 4.69) is 5.32 Å². The van der Waals surface area contributed by atoms with Crippen molar-refractivity contribution in [1.29, 1.82) is 0 Å². The van der Waals surface area contributed by atoms with E-state index in [1.165, 1.54) is 7.11 Å². The van der Waals surface area contributed by atoms with Crippen molar-refractivity contribution in [1.82, 2.24) is 5.32 Å². The maximum Gasteiger partial charge on any atom is 0.257 e. The van der Waals surface area contributed by atoms with Gasteiger partial charge in [0.05, 0.1) is 22.8 Å². The SMILES string of the molecule is COCC(O)CCNC(=O)COc1ccc(Cl)c(Cl)c1. The predicted molar refractivity (Wildman–Crippen MR) is 77.5 cm³/mol. The van der Waals surface area contributed by atoms with Crippen molar-refractivity contribution in [2.75, 3.05) is 26.9 Å². The van der Waals surface area contributed by atoms with E-state index in [0.29, 0.717) is 28.8 Å². The lowest BCUT2D eigenvalue weighted by atomic mass is 10.2. The predicted octanol–water partition coefficient (Wildman–Crippen LogP) is 1.89. The molecule has 0 spiro atoms. The molecule has 5 nitrogen and oxygen atoms in total. The summed E-state index contributed by atoms with van der Waals surface area (Å²) < 4.78 is 10.0. The van der Waals surface area contributed by atoms with Crippen molar-refractivity contribution in [2.45, 2.75) is 12.5 Å². The molecule has 2 N–H and O–H groups in total. The summed E-state index contributed by atoms with van der Waals surface area (Å²) in [5.74, 6) is 0.189. The average molecular weight is 322 g/mol. The fourth-order valence-corrected chi connectivity index (χ4v) is 1.71. The molecule has 0 heterocycles. The number of carbonyl (C=O) groups is 1. The Hall–Kier alpha value is -1.01. The minimum absolute atomic E-state index is 0.127. The van der Waals surface area contributed by atoms with Crippen LogP contribution in [0.5, 0.6) is 5.75 Å². The highest BCUT2D eigenvalue weighted by atomic mass is 35.5. The van der Waals surface area contributed by atoms with E-state index < -0.39 is 6.10 Å². The van der Waals surface area contributed by atoms with Crippen molar-refractivity contribution in [3.8, 4) is 5.75 Å². The van der Waals surface area contributed by atoms with Crippen LogP contribution in [-0.2, 0) is 9.53 Å². The molecule has 0 radical (unpaired) electrons. The van der Waals surface area contributed by atoms with E-state index in [1.807, 2.05) is 0 Å². The van der Waals surface area contributed by atoms with Crippen molar-refractivity contribution in [3.63, 3.8) is 0 Å². The number of carbonyl (C=O) groups excluding carboxylic acids is 1. The Bertz CT molecular complexity index is 442. The lowest BCUT2D eigenvalue weighted by Gasteiger charge is -2.11. The molecule has 0 saturated heterocycles. The third kappa shape index (κ3) is 6.43. The lowest BCUT2D eigenvalue weighted by molar-refractivity contribution is -0.123. The van der Waals surface area contributed by atoms with Crippen LogP contribution in [-0.4, -0.2) is 44.0 Å². The topological polar surface area (TPSA) is 67.8 Å². The molecule has 0 aromatic heterocycles. The van der Waals surface area contributed by atoms with Crippen molar-refractivity contribution < 1.29 is 19.4 Å². The summed E-state index contributed by atoms with van der Waals surface area (Å²) in [6.07, 6.45) is -0.164. The summed E-state index contributed by atoms with van der Waals surface area (Å²) in [7, 11) is 1.51. The summed E-state index contributed by atoms with van der Waals surface area (Å²) in [6, 6.07) is 4.77. The normalized spacial score (nSPS) is 12.0. The first-order chi connectivity index (χ1) is 9.52. The van der Waals surface area contributed by atoms with Gasteiger partial charge in [0, 0.05) is 19.7 Å². The summed E-state index contributed by atoms with van der Waals surface area (Å²) in [6.45, 7) is 0.474. The van der Waals surface area contributed by atoms with Gasteiger partial charge in [0.1, 0.15) is 5.75 Å². The number of aliphatic hydroxyl groups excluding tert-OH is 1. The molecule has 1 atom stereocenters. The number of halogens is 2. The monoisotopic (exact) mass is 321 g/mol. The van der Waals surface area contributed by atoms with Gasteiger partial charge >= 0.3 is 0 Å². The third-order valence-corrected chi connectivity index (χ3v) is 3.16. The van der Waals surface area contributed by atoms with E-state index >= 15 is 0 Å². The molecule has 1 aromatic rings. The molecule has 0 aliphatic rings. The van der Waals surface area contributed by atoms with Crippen LogP contribution in [0.3, 0.4) is 0 Å². The number of rotatable bonds is 8. The van der Waals surface area contributed by atoms with Crippen molar-refractivity contribution in [3.05, 3.63) is 28.2 Å². The molecule has 1 aromatic carbocycles. The molecule has 0 fully saturated rings. The number of methoxy groups -OCH3 is 1. The van der Waals surface area contributed by atoms with E-state index in [4.69, 9.17) is 32.7 Å². The second-order valence-corrected chi connectivity index (χ2v) is 4.93. The van der Waals surface area contributed by atoms with Crippen LogP contribution in [0, 0.1) is 0 Å². The van der Waals surface area contributed by atoms with Gasteiger partial charge in [-0.05, 0) is 18.6 Å². The first kappa shape index (κ1) is 17.0. The van der Waals surface area contributed by atoms with Gasteiger partial charge in [0.25, 0.3) is 5.91 Å². The minimum Gasteiger partial charge on any atom is -0.484 e. The molecule has 1 rings (SSSR count). The summed E-state index contributed by atoms with van der Waals surface area (Å²) >= 11 is 11.6. The molecule has 20 heavy (non-hydrogen) atoms. The highest BCUT2D eigenvalue weighted by Crippen LogP contribution is 2.26. The maximum absolute atomic E-state index is 11.5.